The molecule has 0 saturated heterocycles. The highest BCUT2D eigenvalue weighted by Gasteiger charge is 2.21. The van der Waals surface area contributed by atoms with E-state index in [0.29, 0.717) is 22.6 Å². The van der Waals surface area contributed by atoms with E-state index in [0.717, 1.165) is 5.69 Å². The Balaban J connectivity index is 1.50. The van der Waals surface area contributed by atoms with Crippen LogP contribution >= 0.6 is 0 Å². The van der Waals surface area contributed by atoms with Crippen molar-refractivity contribution in [2.24, 2.45) is 0 Å². The zero-order valence-corrected chi connectivity index (χ0v) is 17.4. The van der Waals surface area contributed by atoms with Crippen LogP contribution in [0.15, 0.2) is 54.6 Å². The molecule has 3 N–H and O–H groups in total. The van der Waals surface area contributed by atoms with Crippen molar-refractivity contribution in [3.05, 3.63) is 83.2 Å². The number of esters is 1. The maximum absolute atomic E-state index is 13.2. The molecule has 0 amide bonds. The summed E-state index contributed by atoms with van der Waals surface area (Å²) in [7, 11) is 0. The number of nitrogens with two attached hydrogens (primary N) is 1. The van der Waals surface area contributed by atoms with Gasteiger partial charge in [-0.3, -0.25) is 0 Å². The van der Waals surface area contributed by atoms with E-state index in [1.165, 1.54) is 12.1 Å². The largest absolute Gasteiger partial charge is 0.454 e. The molecule has 0 aliphatic heterocycles. The van der Waals surface area contributed by atoms with E-state index in [-0.39, 0.29) is 30.1 Å². The van der Waals surface area contributed by atoms with Crippen LogP contribution in [0.5, 0.6) is 0 Å². The number of hydrogen-bond acceptors (Lipinski definition) is 8. The highest BCUT2D eigenvalue weighted by molar-refractivity contribution is 5.92. The predicted octanol–water partition coefficient (Wildman–Crippen LogP) is 3.50. The number of nitrogens with one attached hydrogen (secondary N) is 1. The van der Waals surface area contributed by atoms with Crippen molar-refractivity contribution < 1.29 is 13.9 Å². The lowest BCUT2D eigenvalue weighted by Gasteiger charge is -2.08. The monoisotopic (exact) mass is 433 g/mol. The maximum Gasteiger partial charge on any atom is 0.342 e. The summed E-state index contributed by atoms with van der Waals surface area (Å²) in [6, 6.07) is 15.1. The van der Waals surface area contributed by atoms with E-state index in [9.17, 15) is 9.18 Å². The molecule has 0 atom stereocenters. The van der Waals surface area contributed by atoms with Gasteiger partial charge in [-0.2, -0.15) is 20.1 Å². The Kier molecular flexibility index (Phi) is 5.75. The summed E-state index contributed by atoms with van der Waals surface area (Å²) in [5.74, 6) is -0.490. The van der Waals surface area contributed by atoms with Crippen molar-refractivity contribution >= 4 is 23.6 Å². The number of carbonyl (C=O) groups is 1. The summed E-state index contributed by atoms with van der Waals surface area (Å²) >= 11 is 0. The molecule has 0 spiro atoms. The summed E-state index contributed by atoms with van der Waals surface area (Å²) in [6.45, 7) is 3.24. The Bertz CT molecular complexity index is 1260. The molecule has 2 aromatic carbocycles. The van der Waals surface area contributed by atoms with Gasteiger partial charge in [0, 0.05) is 5.69 Å². The van der Waals surface area contributed by atoms with Gasteiger partial charge in [0.05, 0.1) is 17.1 Å². The molecular formula is C22H20FN7O2. The number of rotatable bonds is 6. The summed E-state index contributed by atoms with van der Waals surface area (Å²) in [5.41, 5.74) is 8.56. The quantitative estimate of drug-likeness (QED) is 0.443. The molecular weight excluding hydrogens is 413 g/mol. The first-order chi connectivity index (χ1) is 15.4. The van der Waals surface area contributed by atoms with Crippen LogP contribution in [-0.2, 0) is 11.3 Å². The number of aryl methyl sites for hydroxylation is 1. The topological polar surface area (TPSA) is 121 Å². The van der Waals surface area contributed by atoms with E-state index in [1.54, 1.807) is 30.7 Å². The molecule has 4 rings (SSSR count). The third-order valence-electron chi connectivity index (χ3n) is 4.63. The van der Waals surface area contributed by atoms with Gasteiger partial charge in [-0.05, 0) is 50.2 Å². The molecule has 10 heteroatoms. The molecule has 0 radical (unpaired) electrons. The van der Waals surface area contributed by atoms with Gasteiger partial charge in [0.2, 0.25) is 11.9 Å². The molecule has 0 saturated carbocycles. The first-order valence-corrected chi connectivity index (χ1v) is 9.72. The number of ether oxygens (including phenoxy) is 1. The van der Waals surface area contributed by atoms with E-state index in [4.69, 9.17) is 10.5 Å². The second-order valence-electron chi connectivity index (χ2n) is 6.93. The Labute approximate surface area is 183 Å². The minimum absolute atomic E-state index is 0.000899. The molecule has 2 heterocycles. The number of carbonyl (C=O) groups excluding carboxylic acids is 1. The lowest BCUT2D eigenvalue weighted by atomic mass is 10.2. The molecule has 0 unspecified atom stereocenters. The Morgan fingerprint density at radius 3 is 2.50 bits per heavy atom. The summed E-state index contributed by atoms with van der Waals surface area (Å²) in [4.78, 5) is 25.1. The van der Waals surface area contributed by atoms with Crippen molar-refractivity contribution in [3.8, 4) is 5.69 Å². The normalized spacial score (nSPS) is 10.7. The first kappa shape index (κ1) is 20.9. The number of para-hydroxylation sites is 1. The molecule has 0 fully saturated rings. The molecule has 4 aromatic rings. The lowest BCUT2D eigenvalue weighted by Crippen LogP contribution is -2.12. The van der Waals surface area contributed by atoms with Gasteiger partial charge in [0.15, 0.2) is 12.4 Å². The average Bonchev–Trinajstić information content (AvgIpc) is 3.07. The molecule has 162 valence electrons. The second-order valence-corrected chi connectivity index (χ2v) is 6.93. The summed E-state index contributed by atoms with van der Waals surface area (Å²) in [5, 5.41) is 7.41. The lowest BCUT2D eigenvalue weighted by molar-refractivity contribution is 0.0460. The van der Waals surface area contributed by atoms with Crippen LogP contribution in [0.4, 0.5) is 22.0 Å². The van der Waals surface area contributed by atoms with Crippen LogP contribution in [-0.4, -0.2) is 30.7 Å². The summed E-state index contributed by atoms with van der Waals surface area (Å²) in [6.07, 6.45) is 0. The van der Waals surface area contributed by atoms with Crippen molar-refractivity contribution in [2.45, 2.75) is 20.5 Å². The molecule has 32 heavy (non-hydrogen) atoms. The minimum atomic E-state index is -0.579. The molecule has 0 aliphatic carbocycles. The Hall–Kier alpha value is -4.34. The van der Waals surface area contributed by atoms with Gasteiger partial charge in [0.25, 0.3) is 0 Å². The van der Waals surface area contributed by atoms with Crippen molar-refractivity contribution in [1.82, 2.24) is 24.7 Å². The molecule has 0 aliphatic rings. The van der Waals surface area contributed by atoms with E-state index < -0.39 is 5.97 Å². The number of aromatic nitrogens is 5. The van der Waals surface area contributed by atoms with E-state index in [1.807, 2.05) is 30.3 Å². The number of nitrogens with zero attached hydrogens (tertiary/aromatic N) is 5. The van der Waals surface area contributed by atoms with Gasteiger partial charge in [-0.1, -0.05) is 18.2 Å². The fourth-order valence-corrected chi connectivity index (χ4v) is 3.18. The standard InChI is InChI=1S/C22H20FN7O2/c1-13-19(14(2)30(29-13)17-10-8-15(23)9-11-17)20(31)32-12-18-26-21(24)28-22(27-18)25-16-6-4-3-5-7-16/h3-11H,12H2,1-2H3,(H3,24,25,26,27,28). The smallest absolute Gasteiger partial charge is 0.342 e. The predicted molar refractivity (Wildman–Crippen MR) is 116 cm³/mol. The third kappa shape index (κ3) is 4.53. The zero-order chi connectivity index (χ0) is 22.7. The fourth-order valence-electron chi connectivity index (χ4n) is 3.18. The maximum atomic E-state index is 13.2. The number of benzene rings is 2. The minimum Gasteiger partial charge on any atom is -0.454 e. The fraction of sp³-hybridized carbons (Fsp3) is 0.136. The third-order valence-corrected chi connectivity index (χ3v) is 4.63. The van der Waals surface area contributed by atoms with Crippen LogP contribution in [0.2, 0.25) is 0 Å². The van der Waals surface area contributed by atoms with Crippen molar-refractivity contribution in [3.63, 3.8) is 0 Å². The summed E-state index contributed by atoms with van der Waals surface area (Å²) < 4.78 is 20.2. The van der Waals surface area contributed by atoms with Gasteiger partial charge in [-0.15, -0.1) is 0 Å². The van der Waals surface area contributed by atoms with Gasteiger partial charge in [0.1, 0.15) is 11.4 Å². The molecule has 0 bridgehead atoms. The van der Waals surface area contributed by atoms with Gasteiger partial charge < -0.3 is 15.8 Å². The zero-order valence-electron chi connectivity index (χ0n) is 17.4. The van der Waals surface area contributed by atoms with Crippen LogP contribution in [0.25, 0.3) is 5.69 Å². The second kappa shape index (κ2) is 8.80. The van der Waals surface area contributed by atoms with Crippen LogP contribution in [0.1, 0.15) is 27.6 Å². The van der Waals surface area contributed by atoms with Crippen molar-refractivity contribution in [1.29, 1.82) is 0 Å². The highest BCUT2D eigenvalue weighted by Crippen LogP contribution is 2.20. The van der Waals surface area contributed by atoms with E-state index in [2.05, 4.69) is 25.4 Å². The van der Waals surface area contributed by atoms with Crippen LogP contribution < -0.4 is 11.1 Å². The number of nitrogen functional groups attached to an aromatic ring is 1. The Morgan fingerprint density at radius 1 is 1.06 bits per heavy atom. The number of halogens is 1. The highest BCUT2D eigenvalue weighted by atomic mass is 19.1. The van der Waals surface area contributed by atoms with Gasteiger partial charge >= 0.3 is 5.97 Å². The van der Waals surface area contributed by atoms with Crippen LogP contribution in [0.3, 0.4) is 0 Å². The van der Waals surface area contributed by atoms with Gasteiger partial charge in [-0.25, -0.2) is 13.9 Å². The van der Waals surface area contributed by atoms with Crippen LogP contribution in [0, 0.1) is 19.7 Å². The SMILES string of the molecule is Cc1nn(-c2ccc(F)cc2)c(C)c1C(=O)OCc1nc(N)nc(Nc2ccccc2)n1. The molecule has 9 nitrogen and oxygen atoms in total. The Morgan fingerprint density at radius 2 is 1.78 bits per heavy atom. The number of hydrogen-bond donors (Lipinski definition) is 2. The molecule has 2 aromatic heterocycles. The number of anilines is 3. The first-order valence-electron chi connectivity index (χ1n) is 9.72. The van der Waals surface area contributed by atoms with Crippen molar-refractivity contribution in [2.75, 3.05) is 11.1 Å². The average molecular weight is 433 g/mol. The van der Waals surface area contributed by atoms with E-state index >= 15 is 0 Å².